The van der Waals surface area contributed by atoms with E-state index in [2.05, 4.69) is 41.1 Å². The lowest BCUT2D eigenvalue weighted by Gasteiger charge is -2.20. The van der Waals surface area contributed by atoms with Crippen LogP contribution in [0.4, 0.5) is 0 Å². The first-order chi connectivity index (χ1) is 11.3. The van der Waals surface area contributed by atoms with E-state index in [0.29, 0.717) is 0 Å². The Morgan fingerprint density at radius 3 is 2.35 bits per heavy atom. The zero-order valence-electron chi connectivity index (χ0n) is 12.8. The molecule has 0 unspecified atom stereocenters. The zero-order valence-corrected chi connectivity index (χ0v) is 12.8. The lowest BCUT2D eigenvalue weighted by molar-refractivity contribution is -0.111. The van der Waals surface area contributed by atoms with Gasteiger partial charge in [-0.1, -0.05) is 60.7 Å². The van der Waals surface area contributed by atoms with Gasteiger partial charge in [-0.15, -0.1) is 0 Å². The van der Waals surface area contributed by atoms with E-state index in [1.54, 1.807) is 0 Å². The van der Waals surface area contributed by atoms with Crippen LogP contribution in [0.1, 0.15) is 11.1 Å². The van der Waals surface area contributed by atoms with Gasteiger partial charge in [0.25, 0.3) is 0 Å². The normalized spacial score (nSPS) is 17.9. The summed E-state index contributed by atoms with van der Waals surface area (Å²) in [5.74, 6) is 0. The number of carbonyl (C=O) groups excluding carboxylic acids is 1. The number of hydrogen-bond acceptors (Lipinski definition) is 3. The van der Waals surface area contributed by atoms with Gasteiger partial charge in [0.05, 0.1) is 6.04 Å². The number of allylic oxidation sites excluding steroid dienone is 1. The fourth-order valence-corrected chi connectivity index (χ4v) is 2.74. The van der Waals surface area contributed by atoms with E-state index >= 15 is 0 Å². The molecule has 1 amide bonds. The third kappa shape index (κ3) is 4.20. The van der Waals surface area contributed by atoms with Crippen LogP contribution in [0, 0.1) is 0 Å². The second kappa shape index (κ2) is 7.61. The maximum absolute atomic E-state index is 10.9. The summed E-state index contributed by atoms with van der Waals surface area (Å²) in [5.41, 5.74) is 6.39. The summed E-state index contributed by atoms with van der Waals surface area (Å²) in [5, 5.41) is 2.87. The van der Waals surface area contributed by atoms with Crippen molar-refractivity contribution in [2.45, 2.75) is 25.0 Å². The SMILES string of the molecule is O=CN[C@@H](Cc1ccccc1)[C@@H]1C=C(Cc2ccccc2)NO1. The minimum Gasteiger partial charge on any atom is -0.353 e. The predicted octanol–water partition coefficient (Wildman–Crippen LogP) is 2.37. The quantitative estimate of drug-likeness (QED) is 0.772. The number of nitrogens with one attached hydrogen (secondary N) is 2. The Hall–Kier alpha value is -2.59. The van der Waals surface area contributed by atoms with Crippen LogP contribution in [0.5, 0.6) is 0 Å². The maximum Gasteiger partial charge on any atom is 0.207 e. The molecular formula is C19H20N2O2. The smallest absolute Gasteiger partial charge is 0.207 e. The monoisotopic (exact) mass is 308 g/mol. The molecule has 2 aromatic rings. The van der Waals surface area contributed by atoms with Crippen molar-refractivity contribution in [1.82, 2.24) is 10.8 Å². The Morgan fingerprint density at radius 2 is 1.70 bits per heavy atom. The Balaban J connectivity index is 1.67. The third-order valence-electron chi connectivity index (χ3n) is 3.91. The molecule has 0 fully saturated rings. The summed E-state index contributed by atoms with van der Waals surface area (Å²) in [7, 11) is 0. The van der Waals surface area contributed by atoms with E-state index in [9.17, 15) is 4.79 Å². The molecule has 1 aliphatic heterocycles. The van der Waals surface area contributed by atoms with Crippen LogP contribution in [0.15, 0.2) is 72.4 Å². The molecule has 2 N–H and O–H groups in total. The molecule has 23 heavy (non-hydrogen) atoms. The summed E-state index contributed by atoms with van der Waals surface area (Å²) in [4.78, 5) is 16.6. The first-order valence-electron chi connectivity index (χ1n) is 7.75. The standard InChI is InChI=1S/C19H20N2O2/c22-14-20-18(12-16-9-5-2-6-10-16)19-13-17(21-23-19)11-15-7-3-1-4-8-15/h1-10,13-14,18-19,21H,11-12H2,(H,20,22)/t18-,19-/m0/s1. The number of carbonyl (C=O) groups is 1. The van der Waals surface area contributed by atoms with Gasteiger partial charge in [0.15, 0.2) is 0 Å². The molecule has 4 heteroatoms. The molecule has 118 valence electrons. The highest BCUT2D eigenvalue weighted by Gasteiger charge is 2.26. The summed E-state index contributed by atoms with van der Waals surface area (Å²) >= 11 is 0. The van der Waals surface area contributed by atoms with Gasteiger partial charge < -0.3 is 5.32 Å². The average Bonchev–Trinajstić information content (AvgIpc) is 3.05. The van der Waals surface area contributed by atoms with Crippen molar-refractivity contribution in [2.75, 3.05) is 0 Å². The zero-order chi connectivity index (χ0) is 15.9. The molecular weight excluding hydrogens is 288 g/mol. The Kier molecular flexibility index (Phi) is 5.06. The molecule has 0 radical (unpaired) electrons. The van der Waals surface area contributed by atoms with Crippen LogP contribution < -0.4 is 10.8 Å². The topological polar surface area (TPSA) is 50.4 Å². The summed E-state index contributed by atoms with van der Waals surface area (Å²) in [6.45, 7) is 0. The lowest BCUT2D eigenvalue weighted by Crippen LogP contribution is -2.41. The van der Waals surface area contributed by atoms with Crippen LogP contribution in [0.3, 0.4) is 0 Å². The van der Waals surface area contributed by atoms with Gasteiger partial charge in [0.2, 0.25) is 6.41 Å². The minimum absolute atomic E-state index is 0.101. The predicted molar refractivity (Wildman–Crippen MR) is 89.4 cm³/mol. The molecule has 2 aromatic carbocycles. The van der Waals surface area contributed by atoms with Crippen molar-refractivity contribution in [3.05, 3.63) is 83.6 Å². The van der Waals surface area contributed by atoms with Gasteiger partial charge in [-0.3, -0.25) is 15.1 Å². The van der Waals surface area contributed by atoms with Crippen molar-refractivity contribution in [3.63, 3.8) is 0 Å². The Labute approximate surface area is 136 Å². The number of benzene rings is 2. The molecule has 0 aromatic heterocycles. The highest BCUT2D eigenvalue weighted by molar-refractivity contribution is 5.47. The summed E-state index contributed by atoms with van der Waals surface area (Å²) in [6.07, 6.45) is 4.12. The number of rotatable bonds is 7. The van der Waals surface area contributed by atoms with Crippen molar-refractivity contribution >= 4 is 6.41 Å². The van der Waals surface area contributed by atoms with Crippen molar-refractivity contribution in [3.8, 4) is 0 Å². The number of hydroxylamine groups is 1. The summed E-state index contributed by atoms with van der Waals surface area (Å²) < 4.78 is 0. The molecule has 2 atom stereocenters. The van der Waals surface area contributed by atoms with Gasteiger partial charge in [0, 0.05) is 12.1 Å². The van der Waals surface area contributed by atoms with E-state index in [0.717, 1.165) is 24.9 Å². The third-order valence-corrected chi connectivity index (χ3v) is 3.91. The van der Waals surface area contributed by atoms with E-state index in [1.807, 2.05) is 36.4 Å². The van der Waals surface area contributed by atoms with E-state index in [4.69, 9.17) is 4.84 Å². The number of amides is 1. The molecule has 4 nitrogen and oxygen atoms in total. The van der Waals surface area contributed by atoms with E-state index in [1.165, 1.54) is 11.1 Å². The second-order valence-corrected chi connectivity index (χ2v) is 5.62. The van der Waals surface area contributed by atoms with Gasteiger partial charge >= 0.3 is 0 Å². The Bertz CT molecular complexity index is 656. The molecule has 0 saturated carbocycles. The molecule has 3 rings (SSSR count). The molecule has 1 heterocycles. The van der Waals surface area contributed by atoms with Crippen molar-refractivity contribution in [1.29, 1.82) is 0 Å². The van der Waals surface area contributed by atoms with Crippen LogP contribution in [0.2, 0.25) is 0 Å². The van der Waals surface area contributed by atoms with Crippen molar-refractivity contribution in [2.24, 2.45) is 0 Å². The molecule has 0 aliphatic carbocycles. The van der Waals surface area contributed by atoms with Gasteiger partial charge in [0.1, 0.15) is 6.10 Å². The van der Waals surface area contributed by atoms with Gasteiger partial charge in [-0.2, -0.15) is 0 Å². The van der Waals surface area contributed by atoms with E-state index < -0.39 is 0 Å². The average molecular weight is 308 g/mol. The van der Waals surface area contributed by atoms with Gasteiger partial charge in [-0.25, -0.2) is 0 Å². The lowest BCUT2D eigenvalue weighted by atomic mass is 10.00. The van der Waals surface area contributed by atoms with E-state index in [-0.39, 0.29) is 12.1 Å². The second-order valence-electron chi connectivity index (χ2n) is 5.62. The highest BCUT2D eigenvalue weighted by Crippen LogP contribution is 2.17. The largest absolute Gasteiger partial charge is 0.353 e. The van der Waals surface area contributed by atoms with Crippen LogP contribution in [0.25, 0.3) is 0 Å². The van der Waals surface area contributed by atoms with Crippen LogP contribution in [-0.2, 0) is 22.5 Å². The molecule has 0 bridgehead atoms. The number of hydrogen-bond donors (Lipinski definition) is 2. The molecule has 1 aliphatic rings. The molecule has 0 spiro atoms. The first kappa shape index (κ1) is 15.3. The van der Waals surface area contributed by atoms with Crippen molar-refractivity contribution < 1.29 is 9.63 Å². The first-order valence-corrected chi connectivity index (χ1v) is 7.75. The molecule has 0 saturated heterocycles. The maximum atomic E-state index is 10.9. The van der Waals surface area contributed by atoms with Crippen LogP contribution >= 0.6 is 0 Å². The fraction of sp³-hybridized carbons (Fsp3) is 0.211. The van der Waals surface area contributed by atoms with Gasteiger partial charge in [-0.05, 0) is 23.6 Å². The minimum atomic E-state index is -0.181. The van der Waals surface area contributed by atoms with Crippen LogP contribution in [-0.4, -0.2) is 18.6 Å². The summed E-state index contributed by atoms with van der Waals surface area (Å²) in [6, 6.07) is 20.2. The highest BCUT2D eigenvalue weighted by atomic mass is 16.7. The fourth-order valence-electron chi connectivity index (χ4n) is 2.74. The Morgan fingerprint density at radius 1 is 1.04 bits per heavy atom.